The van der Waals surface area contributed by atoms with Crippen LogP contribution in [0.15, 0.2) is 29.3 Å². The zero-order valence-electron chi connectivity index (χ0n) is 10.6. The largest absolute Gasteiger partial charge is 0.363 e. The first-order valence-electron chi connectivity index (χ1n) is 5.98. The smallest absolute Gasteiger partial charge is 0.237 e. The molecule has 0 saturated carbocycles. The Balaban J connectivity index is 1.93. The lowest BCUT2D eigenvalue weighted by atomic mass is 10.2. The lowest BCUT2D eigenvalue weighted by Crippen LogP contribution is -2.26. The lowest BCUT2D eigenvalue weighted by Gasteiger charge is -2.13. The highest BCUT2D eigenvalue weighted by atomic mass is 32.2. The number of carbonyl (C=O) groups is 1. The first-order chi connectivity index (χ1) is 8.66. The number of amidine groups is 1. The Bertz CT molecular complexity index is 473. The second-order valence-electron chi connectivity index (χ2n) is 4.18. The molecule has 96 valence electrons. The number of thioether (sulfide) groups is 1. The van der Waals surface area contributed by atoms with Crippen molar-refractivity contribution in [3.8, 4) is 0 Å². The van der Waals surface area contributed by atoms with Crippen molar-refractivity contribution in [2.45, 2.75) is 19.1 Å². The molecule has 1 aliphatic rings. The Labute approximate surface area is 111 Å². The van der Waals surface area contributed by atoms with Crippen molar-refractivity contribution in [3.63, 3.8) is 0 Å². The van der Waals surface area contributed by atoms with Crippen LogP contribution in [0.1, 0.15) is 12.5 Å². The fraction of sp³-hybridized carbons (Fsp3) is 0.385. The van der Waals surface area contributed by atoms with Gasteiger partial charge in [-0.2, -0.15) is 0 Å². The molecule has 0 aliphatic carbocycles. The summed E-state index contributed by atoms with van der Waals surface area (Å²) in [5.74, 6) is 0.00528. The topological polar surface area (TPSA) is 53.5 Å². The number of aryl methyl sites for hydroxylation is 1. The van der Waals surface area contributed by atoms with Crippen molar-refractivity contribution in [1.29, 1.82) is 0 Å². The van der Waals surface area contributed by atoms with E-state index in [-0.39, 0.29) is 11.2 Å². The van der Waals surface area contributed by atoms with E-state index in [1.807, 2.05) is 38.1 Å². The third-order valence-corrected chi connectivity index (χ3v) is 3.77. The van der Waals surface area contributed by atoms with Gasteiger partial charge in [-0.1, -0.05) is 30.0 Å². The SMILES string of the molecule is Cc1ccccc1NC(=O)[C@H](C)SC1=NCCN1. The minimum absolute atomic E-state index is 0.00528. The summed E-state index contributed by atoms with van der Waals surface area (Å²) in [4.78, 5) is 16.3. The van der Waals surface area contributed by atoms with Gasteiger partial charge in [0.15, 0.2) is 5.17 Å². The van der Waals surface area contributed by atoms with Gasteiger partial charge in [-0.15, -0.1) is 0 Å². The summed E-state index contributed by atoms with van der Waals surface area (Å²) in [6.45, 7) is 5.54. The highest BCUT2D eigenvalue weighted by Crippen LogP contribution is 2.18. The average Bonchev–Trinajstić information content (AvgIpc) is 2.84. The van der Waals surface area contributed by atoms with E-state index in [4.69, 9.17) is 0 Å². The second kappa shape index (κ2) is 5.91. The third kappa shape index (κ3) is 3.26. The van der Waals surface area contributed by atoms with E-state index in [1.54, 1.807) is 0 Å². The number of hydrogen-bond donors (Lipinski definition) is 2. The van der Waals surface area contributed by atoms with Gasteiger partial charge in [-0.25, -0.2) is 0 Å². The van der Waals surface area contributed by atoms with Gasteiger partial charge in [0, 0.05) is 12.2 Å². The van der Waals surface area contributed by atoms with Crippen molar-refractivity contribution in [2.75, 3.05) is 18.4 Å². The van der Waals surface area contributed by atoms with Gasteiger partial charge in [0.2, 0.25) is 5.91 Å². The summed E-state index contributed by atoms with van der Waals surface area (Å²) in [7, 11) is 0. The Morgan fingerprint density at radius 1 is 1.50 bits per heavy atom. The first kappa shape index (κ1) is 13.0. The Kier molecular flexibility index (Phi) is 4.25. The summed E-state index contributed by atoms with van der Waals surface area (Å²) in [5, 5.41) is 6.80. The Morgan fingerprint density at radius 2 is 2.28 bits per heavy atom. The van der Waals surface area contributed by atoms with E-state index in [0.717, 1.165) is 29.5 Å². The number of nitrogens with one attached hydrogen (secondary N) is 2. The molecule has 0 aromatic heterocycles. The van der Waals surface area contributed by atoms with Gasteiger partial charge in [0.25, 0.3) is 0 Å². The summed E-state index contributed by atoms with van der Waals surface area (Å²) >= 11 is 1.47. The van der Waals surface area contributed by atoms with E-state index in [0.29, 0.717) is 0 Å². The maximum atomic E-state index is 12.0. The molecule has 5 heteroatoms. The van der Waals surface area contributed by atoms with Crippen molar-refractivity contribution in [2.24, 2.45) is 4.99 Å². The van der Waals surface area contributed by atoms with Crippen LogP contribution < -0.4 is 10.6 Å². The molecule has 0 spiro atoms. The summed E-state index contributed by atoms with van der Waals surface area (Å²) < 4.78 is 0. The predicted molar refractivity (Wildman–Crippen MR) is 77.2 cm³/mol. The van der Waals surface area contributed by atoms with E-state index in [1.165, 1.54) is 11.8 Å². The number of anilines is 1. The molecule has 18 heavy (non-hydrogen) atoms. The molecule has 1 aromatic carbocycles. The summed E-state index contributed by atoms with van der Waals surface area (Å²) in [6.07, 6.45) is 0. The fourth-order valence-electron chi connectivity index (χ4n) is 1.62. The number of rotatable bonds is 3. The molecule has 0 saturated heterocycles. The number of carbonyl (C=O) groups excluding carboxylic acids is 1. The monoisotopic (exact) mass is 263 g/mol. The quantitative estimate of drug-likeness (QED) is 0.877. The van der Waals surface area contributed by atoms with Gasteiger partial charge in [-0.3, -0.25) is 9.79 Å². The zero-order chi connectivity index (χ0) is 13.0. The summed E-state index contributed by atoms with van der Waals surface area (Å²) in [5.41, 5.74) is 1.94. The number of para-hydroxylation sites is 1. The van der Waals surface area contributed by atoms with Crippen molar-refractivity contribution in [3.05, 3.63) is 29.8 Å². The van der Waals surface area contributed by atoms with Gasteiger partial charge < -0.3 is 10.6 Å². The van der Waals surface area contributed by atoms with Crippen LogP contribution in [0.5, 0.6) is 0 Å². The van der Waals surface area contributed by atoms with E-state index in [2.05, 4.69) is 15.6 Å². The molecule has 0 unspecified atom stereocenters. The van der Waals surface area contributed by atoms with Crippen LogP contribution in [-0.2, 0) is 4.79 Å². The lowest BCUT2D eigenvalue weighted by molar-refractivity contribution is -0.115. The summed E-state index contributed by atoms with van der Waals surface area (Å²) in [6, 6.07) is 7.77. The number of amides is 1. The standard InChI is InChI=1S/C13H17N3OS/c1-9-5-3-4-6-11(9)16-12(17)10(2)18-13-14-7-8-15-13/h3-6,10H,7-8H2,1-2H3,(H,14,15)(H,16,17)/t10-/m0/s1. The molecular formula is C13H17N3OS. The number of hydrogen-bond acceptors (Lipinski definition) is 4. The van der Waals surface area contributed by atoms with Gasteiger partial charge in [0.1, 0.15) is 0 Å². The maximum absolute atomic E-state index is 12.0. The van der Waals surface area contributed by atoms with Crippen LogP contribution in [0.25, 0.3) is 0 Å². The second-order valence-corrected chi connectivity index (χ2v) is 5.51. The number of nitrogens with zero attached hydrogens (tertiary/aromatic N) is 1. The molecule has 1 amide bonds. The Morgan fingerprint density at radius 3 is 2.94 bits per heavy atom. The minimum Gasteiger partial charge on any atom is -0.363 e. The molecule has 0 radical (unpaired) electrons. The van der Waals surface area contributed by atoms with E-state index < -0.39 is 0 Å². The molecule has 1 atom stereocenters. The van der Waals surface area contributed by atoms with Crippen LogP contribution >= 0.6 is 11.8 Å². The van der Waals surface area contributed by atoms with Crippen molar-refractivity contribution < 1.29 is 4.79 Å². The van der Waals surface area contributed by atoms with Crippen LogP contribution in [0.2, 0.25) is 0 Å². The molecule has 0 fully saturated rings. The van der Waals surface area contributed by atoms with Gasteiger partial charge >= 0.3 is 0 Å². The number of benzene rings is 1. The van der Waals surface area contributed by atoms with Crippen LogP contribution in [0, 0.1) is 6.92 Å². The predicted octanol–water partition coefficient (Wildman–Crippen LogP) is 2.01. The molecular weight excluding hydrogens is 246 g/mol. The maximum Gasteiger partial charge on any atom is 0.237 e. The zero-order valence-corrected chi connectivity index (χ0v) is 11.4. The van der Waals surface area contributed by atoms with Crippen molar-refractivity contribution in [1.82, 2.24) is 5.32 Å². The Hall–Kier alpha value is -1.49. The van der Waals surface area contributed by atoms with Crippen LogP contribution in [-0.4, -0.2) is 29.4 Å². The number of aliphatic imine (C=N–C) groups is 1. The molecule has 0 bridgehead atoms. The average molecular weight is 263 g/mol. The minimum atomic E-state index is -0.158. The highest BCUT2D eigenvalue weighted by molar-refractivity contribution is 8.14. The highest BCUT2D eigenvalue weighted by Gasteiger charge is 2.18. The molecule has 2 N–H and O–H groups in total. The van der Waals surface area contributed by atoms with Gasteiger partial charge in [-0.05, 0) is 25.5 Å². The normalized spacial score (nSPS) is 15.8. The molecule has 1 aromatic rings. The van der Waals surface area contributed by atoms with E-state index in [9.17, 15) is 4.79 Å². The van der Waals surface area contributed by atoms with E-state index >= 15 is 0 Å². The van der Waals surface area contributed by atoms with Crippen LogP contribution in [0.3, 0.4) is 0 Å². The van der Waals surface area contributed by atoms with Gasteiger partial charge in [0.05, 0.1) is 11.8 Å². The third-order valence-electron chi connectivity index (χ3n) is 2.70. The fourth-order valence-corrected chi connectivity index (χ4v) is 2.48. The molecule has 1 aliphatic heterocycles. The molecule has 4 nitrogen and oxygen atoms in total. The molecule has 2 rings (SSSR count). The van der Waals surface area contributed by atoms with Crippen LogP contribution in [0.4, 0.5) is 5.69 Å². The van der Waals surface area contributed by atoms with Crippen molar-refractivity contribution >= 4 is 28.5 Å². The molecule has 1 heterocycles. The first-order valence-corrected chi connectivity index (χ1v) is 6.86.